The number of hydrogen-bond acceptors (Lipinski definition) is 5. The van der Waals surface area contributed by atoms with Gasteiger partial charge in [-0.1, -0.05) is 0 Å². The summed E-state index contributed by atoms with van der Waals surface area (Å²) in [5.41, 5.74) is 7.16. The molecule has 3 rings (SSSR count). The molecular weight excluding hydrogens is 373 g/mol. The Kier molecular flexibility index (Phi) is 6.15. The summed E-state index contributed by atoms with van der Waals surface area (Å²) in [6.45, 7) is 6.82. The van der Waals surface area contributed by atoms with Crippen LogP contribution in [0, 0.1) is 5.82 Å². The van der Waals surface area contributed by atoms with Crippen molar-refractivity contribution in [1.29, 1.82) is 0 Å². The summed E-state index contributed by atoms with van der Waals surface area (Å²) in [7, 11) is 0. The maximum Gasteiger partial charge on any atom is 0.410 e. The third-order valence-electron chi connectivity index (χ3n) is 4.54. The van der Waals surface area contributed by atoms with E-state index in [0.29, 0.717) is 24.5 Å². The fraction of sp³-hybridized carbons (Fsp3) is 0.409. The molecule has 0 aliphatic carbocycles. The van der Waals surface area contributed by atoms with Gasteiger partial charge in [0.25, 0.3) is 0 Å². The van der Waals surface area contributed by atoms with E-state index in [1.807, 2.05) is 45.0 Å². The number of rotatable bonds is 4. The Morgan fingerprint density at radius 1 is 1.14 bits per heavy atom. The van der Waals surface area contributed by atoms with E-state index in [4.69, 9.17) is 15.2 Å². The molecule has 1 aliphatic heterocycles. The van der Waals surface area contributed by atoms with Gasteiger partial charge in [0.2, 0.25) is 0 Å². The number of nitrogens with one attached hydrogen (secondary N) is 1. The maximum atomic E-state index is 13.1. The number of nitrogen functional groups attached to an aromatic ring is 1. The van der Waals surface area contributed by atoms with E-state index >= 15 is 0 Å². The molecular formula is C22H28FN3O3. The number of carbonyl (C=O) groups is 1. The highest BCUT2D eigenvalue weighted by Crippen LogP contribution is 2.26. The first-order chi connectivity index (χ1) is 13.7. The number of piperidine rings is 1. The van der Waals surface area contributed by atoms with Crippen LogP contribution in [0.25, 0.3) is 0 Å². The van der Waals surface area contributed by atoms with Crippen LogP contribution < -0.4 is 15.8 Å². The van der Waals surface area contributed by atoms with Gasteiger partial charge in [0.1, 0.15) is 23.3 Å². The van der Waals surface area contributed by atoms with Gasteiger partial charge in [0.05, 0.1) is 11.4 Å². The van der Waals surface area contributed by atoms with Crippen molar-refractivity contribution in [3.8, 4) is 5.75 Å². The number of hydrogen-bond donors (Lipinski definition) is 2. The predicted octanol–water partition coefficient (Wildman–Crippen LogP) is 4.93. The lowest BCUT2D eigenvalue weighted by Crippen LogP contribution is -2.44. The first-order valence-electron chi connectivity index (χ1n) is 9.76. The molecule has 0 spiro atoms. The molecule has 1 saturated heterocycles. The summed E-state index contributed by atoms with van der Waals surface area (Å²) in [6.07, 6.45) is 1.29. The summed E-state index contributed by atoms with van der Waals surface area (Å²) >= 11 is 0. The molecule has 0 saturated carbocycles. The monoisotopic (exact) mass is 401 g/mol. The Labute approximate surface area is 170 Å². The van der Waals surface area contributed by atoms with Gasteiger partial charge in [-0.3, -0.25) is 0 Å². The Bertz CT molecular complexity index is 841. The van der Waals surface area contributed by atoms with Crippen molar-refractivity contribution in [2.45, 2.75) is 45.3 Å². The lowest BCUT2D eigenvalue weighted by molar-refractivity contribution is 0.0126. The zero-order chi connectivity index (χ0) is 21.0. The lowest BCUT2D eigenvalue weighted by atomic mass is 10.1. The van der Waals surface area contributed by atoms with Gasteiger partial charge in [-0.25, -0.2) is 9.18 Å². The first kappa shape index (κ1) is 20.8. The Hall–Kier alpha value is -2.96. The minimum Gasteiger partial charge on any atom is -0.490 e. The molecule has 0 unspecified atom stereocenters. The van der Waals surface area contributed by atoms with E-state index in [1.165, 1.54) is 12.1 Å². The van der Waals surface area contributed by atoms with Crippen molar-refractivity contribution >= 4 is 23.2 Å². The molecule has 29 heavy (non-hydrogen) atoms. The van der Waals surface area contributed by atoms with Gasteiger partial charge in [0.15, 0.2) is 0 Å². The molecule has 0 radical (unpaired) electrons. The van der Waals surface area contributed by atoms with Crippen LogP contribution in [0.5, 0.6) is 5.75 Å². The van der Waals surface area contributed by atoms with Crippen LogP contribution in [-0.4, -0.2) is 35.8 Å². The van der Waals surface area contributed by atoms with Gasteiger partial charge >= 0.3 is 6.09 Å². The molecule has 156 valence electrons. The van der Waals surface area contributed by atoms with Crippen molar-refractivity contribution < 1.29 is 18.7 Å². The van der Waals surface area contributed by atoms with Gasteiger partial charge < -0.3 is 25.4 Å². The van der Waals surface area contributed by atoms with Crippen LogP contribution in [0.2, 0.25) is 0 Å². The van der Waals surface area contributed by atoms with Crippen LogP contribution in [0.3, 0.4) is 0 Å². The van der Waals surface area contributed by atoms with E-state index in [2.05, 4.69) is 5.32 Å². The molecule has 6 nitrogen and oxygen atoms in total. The zero-order valence-electron chi connectivity index (χ0n) is 17.1. The summed E-state index contributed by atoms with van der Waals surface area (Å²) in [5, 5.41) is 3.16. The third kappa shape index (κ3) is 6.01. The van der Waals surface area contributed by atoms with E-state index < -0.39 is 5.60 Å². The second-order valence-corrected chi connectivity index (χ2v) is 8.17. The number of amides is 1. The molecule has 7 heteroatoms. The number of ether oxygens (including phenoxy) is 2. The fourth-order valence-electron chi connectivity index (χ4n) is 3.09. The van der Waals surface area contributed by atoms with Crippen LogP contribution in [0.4, 0.5) is 26.2 Å². The second-order valence-electron chi connectivity index (χ2n) is 8.17. The molecule has 1 aliphatic rings. The van der Waals surface area contributed by atoms with Crippen molar-refractivity contribution in [2.75, 3.05) is 24.1 Å². The minimum absolute atomic E-state index is 0.0558. The molecule has 1 amide bonds. The number of nitrogens with zero attached hydrogens (tertiary/aromatic N) is 1. The standard InChI is InChI=1S/C22H28FN3O3/c1-22(2,3)29-21(27)26-12-10-18(11-13-26)28-17-7-5-16(6-8-17)25-20-9-4-15(23)14-19(20)24/h4-9,14,18,25H,10-13,24H2,1-3H3. The zero-order valence-corrected chi connectivity index (χ0v) is 17.1. The Balaban J connectivity index is 1.50. The average molecular weight is 401 g/mol. The van der Waals surface area contributed by atoms with E-state index in [0.717, 1.165) is 24.3 Å². The quantitative estimate of drug-likeness (QED) is 0.711. The van der Waals surface area contributed by atoms with Crippen molar-refractivity contribution in [2.24, 2.45) is 0 Å². The highest BCUT2D eigenvalue weighted by atomic mass is 19.1. The van der Waals surface area contributed by atoms with Gasteiger partial charge in [-0.15, -0.1) is 0 Å². The number of nitrogens with two attached hydrogens (primary N) is 1. The highest BCUT2D eigenvalue weighted by molar-refractivity contribution is 5.72. The molecule has 1 fully saturated rings. The van der Waals surface area contributed by atoms with Gasteiger partial charge in [-0.05, 0) is 63.2 Å². The predicted molar refractivity (Wildman–Crippen MR) is 112 cm³/mol. The maximum absolute atomic E-state index is 13.1. The highest BCUT2D eigenvalue weighted by Gasteiger charge is 2.27. The fourth-order valence-corrected chi connectivity index (χ4v) is 3.09. The van der Waals surface area contributed by atoms with Crippen molar-refractivity contribution in [3.63, 3.8) is 0 Å². The summed E-state index contributed by atoms with van der Waals surface area (Å²) in [6, 6.07) is 11.8. The largest absolute Gasteiger partial charge is 0.490 e. The molecule has 0 bridgehead atoms. The van der Waals surface area contributed by atoms with Crippen LogP contribution in [0.15, 0.2) is 42.5 Å². The van der Waals surface area contributed by atoms with Gasteiger partial charge in [-0.2, -0.15) is 0 Å². The molecule has 1 heterocycles. The normalized spacial score (nSPS) is 15.1. The number of anilines is 3. The van der Waals surface area contributed by atoms with Crippen molar-refractivity contribution in [1.82, 2.24) is 4.90 Å². The molecule has 2 aromatic carbocycles. The summed E-state index contributed by atoms with van der Waals surface area (Å²) in [5.74, 6) is 0.396. The summed E-state index contributed by atoms with van der Waals surface area (Å²) < 4.78 is 24.6. The second kappa shape index (κ2) is 8.59. The molecule has 0 atom stereocenters. The van der Waals surface area contributed by atoms with E-state index in [9.17, 15) is 9.18 Å². The minimum atomic E-state index is -0.487. The number of benzene rings is 2. The van der Waals surface area contributed by atoms with E-state index in [1.54, 1.807) is 11.0 Å². The molecule has 3 N–H and O–H groups in total. The Morgan fingerprint density at radius 3 is 2.38 bits per heavy atom. The van der Waals surface area contributed by atoms with Crippen LogP contribution in [-0.2, 0) is 4.74 Å². The smallest absolute Gasteiger partial charge is 0.410 e. The van der Waals surface area contributed by atoms with Crippen LogP contribution >= 0.6 is 0 Å². The SMILES string of the molecule is CC(C)(C)OC(=O)N1CCC(Oc2ccc(Nc3ccc(F)cc3N)cc2)CC1. The van der Waals surface area contributed by atoms with Gasteiger partial charge in [0, 0.05) is 31.6 Å². The van der Waals surface area contributed by atoms with Crippen molar-refractivity contribution in [3.05, 3.63) is 48.3 Å². The topological polar surface area (TPSA) is 76.8 Å². The first-order valence-corrected chi connectivity index (χ1v) is 9.76. The number of carbonyl (C=O) groups excluding carboxylic acids is 1. The van der Waals surface area contributed by atoms with E-state index in [-0.39, 0.29) is 18.0 Å². The lowest BCUT2D eigenvalue weighted by Gasteiger charge is -2.33. The average Bonchev–Trinajstić information content (AvgIpc) is 2.65. The number of halogens is 1. The third-order valence-corrected chi connectivity index (χ3v) is 4.54. The molecule has 2 aromatic rings. The van der Waals surface area contributed by atoms with Crippen LogP contribution in [0.1, 0.15) is 33.6 Å². The summed E-state index contributed by atoms with van der Waals surface area (Å²) in [4.78, 5) is 13.9. The Morgan fingerprint density at radius 2 is 1.79 bits per heavy atom. The molecule has 0 aromatic heterocycles. The number of likely N-dealkylation sites (tertiary alicyclic amines) is 1.